The van der Waals surface area contributed by atoms with E-state index in [1.807, 2.05) is 18.9 Å². The van der Waals surface area contributed by atoms with Gasteiger partial charge in [0.15, 0.2) is 0 Å². The molecular weight excluding hydrogens is 454 g/mol. The van der Waals surface area contributed by atoms with Crippen molar-refractivity contribution in [1.82, 2.24) is 5.06 Å². The zero-order valence-corrected chi connectivity index (χ0v) is 24.2. The van der Waals surface area contributed by atoms with Crippen molar-refractivity contribution in [3.8, 4) is 0 Å². The van der Waals surface area contributed by atoms with Crippen molar-refractivity contribution in [2.24, 2.45) is 0 Å². The van der Waals surface area contributed by atoms with E-state index in [9.17, 15) is 9.59 Å². The lowest BCUT2D eigenvalue weighted by Gasteiger charge is -2.54. The first-order valence-electron chi connectivity index (χ1n) is 15.0. The SMILES string of the molecule is CCCCCCCCCCCCCCCCCC(=O)OC1CCC(C)(C)N(OCCC(=O)O)C1(C)C. The number of carbonyl (C=O) groups excluding carboxylic acids is 1. The number of nitrogens with zero attached hydrogens (tertiary/aromatic N) is 1. The van der Waals surface area contributed by atoms with Gasteiger partial charge >= 0.3 is 11.9 Å². The summed E-state index contributed by atoms with van der Waals surface area (Å²) >= 11 is 0. The van der Waals surface area contributed by atoms with Gasteiger partial charge in [-0.05, 0) is 47.0 Å². The molecule has 0 radical (unpaired) electrons. The second-order valence-corrected chi connectivity index (χ2v) is 12.0. The summed E-state index contributed by atoms with van der Waals surface area (Å²) in [5.41, 5.74) is -0.774. The number of rotatable bonds is 21. The molecule has 0 aromatic rings. The molecular formula is C30H57NO5. The van der Waals surface area contributed by atoms with E-state index in [0.29, 0.717) is 6.42 Å². The summed E-state index contributed by atoms with van der Waals surface area (Å²) in [5, 5.41) is 10.8. The molecule has 212 valence electrons. The third-order valence-electron chi connectivity index (χ3n) is 7.67. The highest BCUT2D eigenvalue weighted by Gasteiger charge is 2.50. The zero-order chi connectivity index (χ0) is 26.9. The number of unbranched alkanes of at least 4 members (excludes halogenated alkanes) is 14. The summed E-state index contributed by atoms with van der Waals surface area (Å²) in [6.07, 6.45) is 21.4. The average Bonchev–Trinajstić information content (AvgIpc) is 2.80. The number of hydrogen-bond acceptors (Lipinski definition) is 5. The molecule has 0 spiro atoms. The molecule has 1 atom stereocenters. The average molecular weight is 512 g/mol. The standard InChI is InChI=1S/C30H57NO5/c1-6-7-8-9-10-11-12-13-14-15-16-17-18-19-20-21-28(34)36-26-22-24-29(2,3)31(30(26,4)5)35-25-23-27(32)33/h26H,6-25H2,1-5H3,(H,32,33). The Morgan fingerprint density at radius 1 is 0.778 bits per heavy atom. The highest BCUT2D eigenvalue weighted by atomic mass is 16.7. The molecule has 6 nitrogen and oxygen atoms in total. The summed E-state index contributed by atoms with van der Waals surface area (Å²) in [6, 6.07) is 0. The maximum atomic E-state index is 12.5. The molecule has 0 amide bonds. The van der Waals surface area contributed by atoms with Crippen molar-refractivity contribution in [3.63, 3.8) is 0 Å². The molecule has 1 N–H and O–H groups in total. The fraction of sp³-hybridized carbons (Fsp3) is 0.933. The van der Waals surface area contributed by atoms with Gasteiger partial charge in [-0.2, -0.15) is 5.06 Å². The van der Waals surface area contributed by atoms with E-state index in [1.54, 1.807) is 0 Å². The van der Waals surface area contributed by atoms with Crippen LogP contribution in [-0.4, -0.2) is 45.9 Å². The zero-order valence-electron chi connectivity index (χ0n) is 24.2. The summed E-state index contributed by atoms with van der Waals surface area (Å²) < 4.78 is 5.90. The fourth-order valence-electron chi connectivity index (χ4n) is 5.48. The topological polar surface area (TPSA) is 76.1 Å². The molecule has 1 fully saturated rings. The lowest BCUT2D eigenvalue weighted by Crippen LogP contribution is -2.65. The van der Waals surface area contributed by atoms with Gasteiger partial charge in [0.25, 0.3) is 0 Å². The van der Waals surface area contributed by atoms with Gasteiger partial charge in [0.05, 0.1) is 18.6 Å². The smallest absolute Gasteiger partial charge is 0.306 e. The Labute approximate surface area is 221 Å². The minimum atomic E-state index is -0.880. The van der Waals surface area contributed by atoms with Crippen LogP contribution in [0.2, 0.25) is 0 Å². The highest BCUT2D eigenvalue weighted by molar-refractivity contribution is 5.69. The molecule has 0 aliphatic carbocycles. The van der Waals surface area contributed by atoms with Crippen molar-refractivity contribution >= 4 is 11.9 Å². The predicted molar refractivity (Wildman–Crippen MR) is 147 cm³/mol. The van der Waals surface area contributed by atoms with E-state index in [1.165, 1.54) is 83.5 Å². The van der Waals surface area contributed by atoms with E-state index >= 15 is 0 Å². The lowest BCUT2D eigenvalue weighted by atomic mass is 9.79. The van der Waals surface area contributed by atoms with Gasteiger partial charge in [-0.1, -0.05) is 96.8 Å². The van der Waals surface area contributed by atoms with E-state index in [4.69, 9.17) is 14.7 Å². The van der Waals surface area contributed by atoms with Crippen LogP contribution in [0.4, 0.5) is 0 Å². The molecule has 1 unspecified atom stereocenters. The molecule has 0 bridgehead atoms. The molecule has 0 aromatic heterocycles. The van der Waals surface area contributed by atoms with Crippen molar-refractivity contribution in [3.05, 3.63) is 0 Å². The summed E-state index contributed by atoms with van der Waals surface area (Å²) in [7, 11) is 0. The Kier molecular flexibility index (Phi) is 16.6. The van der Waals surface area contributed by atoms with Crippen LogP contribution < -0.4 is 0 Å². The maximum absolute atomic E-state index is 12.5. The van der Waals surface area contributed by atoms with E-state index in [0.717, 1.165) is 25.7 Å². The van der Waals surface area contributed by atoms with Crippen LogP contribution in [0.1, 0.15) is 157 Å². The lowest BCUT2D eigenvalue weighted by molar-refractivity contribution is -0.303. The molecule has 1 rings (SSSR count). The second kappa shape index (κ2) is 18.2. The molecule has 1 aliphatic heterocycles. The number of carboxylic acids is 1. The summed E-state index contributed by atoms with van der Waals surface area (Å²) in [6.45, 7) is 10.6. The number of piperidine rings is 1. The van der Waals surface area contributed by atoms with Crippen molar-refractivity contribution in [1.29, 1.82) is 0 Å². The third-order valence-corrected chi connectivity index (χ3v) is 7.67. The molecule has 1 heterocycles. The number of carboxylic acid groups (broad SMARTS) is 1. The first-order valence-corrected chi connectivity index (χ1v) is 15.0. The number of hydrogen-bond donors (Lipinski definition) is 1. The van der Waals surface area contributed by atoms with Crippen LogP contribution in [0.15, 0.2) is 0 Å². The molecule has 1 aliphatic rings. The Bertz CT molecular complexity index is 604. The molecule has 0 aromatic carbocycles. The molecule has 6 heteroatoms. The normalized spacial score (nSPS) is 19.3. The van der Waals surface area contributed by atoms with Crippen molar-refractivity contribution in [2.75, 3.05) is 6.61 Å². The monoisotopic (exact) mass is 511 g/mol. The Morgan fingerprint density at radius 3 is 1.72 bits per heavy atom. The first kappa shape index (κ1) is 32.9. The number of esters is 1. The molecule has 36 heavy (non-hydrogen) atoms. The number of ether oxygens (including phenoxy) is 1. The van der Waals surface area contributed by atoms with Gasteiger partial charge in [0, 0.05) is 12.0 Å². The minimum absolute atomic E-state index is 0.0493. The largest absolute Gasteiger partial charge is 0.481 e. The van der Waals surface area contributed by atoms with E-state index in [2.05, 4.69) is 20.8 Å². The number of aliphatic carboxylic acids is 1. The van der Waals surface area contributed by atoms with Gasteiger partial charge in [0.2, 0.25) is 0 Å². The number of carbonyl (C=O) groups is 2. The van der Waals surface area contributed by atoms with E-state index in [-0.39, 0.29) is 30.6 Å². The minimum Gasteiger partial charge on any atom is -0.481 e. The summed E-state index contributed by atoms with van der Waals surface area (Å²) in [5.74, 6) is -1.01. The molecule has 1 saturated heterocycles. The van der Waals surface area contributed by atoms with Gasteiger partial charge in [0.1, 0.15) is 6.10 Å². The van der Waals surface area contributed by atoms with Crippen LogP contribution in [0.25, 0.3) is 0 Å². The van der Waals surface area contributed by atoms with Gasteiger partial charge in [-0.3, -0.25) is 14.4 Å². The first-order chi connectivity index (χ1) is 17.1. The second-order valence-electron chi connectivity index (χ2n) is 12.0. The van der Waals surface area contributed by atoms with Crippen LogP contribution in [0, 0.1) is 0 Å². The summed E-state index contributed by atoms with van der Waals surface area (Å²) in [4.78, 5) is 29.3. The van der Waals surface area contributed by atoms with E-state index < -0.39 is 11.5 Å². The van der Waals surface area contributed by atoms with Crippen LogP contribution in [0.3, 0.4) is 0 Å². The fourth-order valence-corrected chi connectivity index (χ4v) is 5.48. The highest BCUT2D eigenvalue weighted by Crippen LogP contribution is 2.40. The third kappa shape index (κ3) is 13.4. The maximum Gasteiger partial charge on any atom is 0.306 e. The van der Waals surface area contributed by atoms with Crippen LogP contribution >= 0.6 is 0 Å². The quantitative estimate of drug-likeness (QED) is 0.124. The van der Waals surface area contributed by atoms with Gasteiger partial charge in [-0.25, -0.2) is 0 Å². The number of hydroxylamine groups is 2. The van der Waals surface area contributed by atoms with Crippen LogP contribution in [-0.2, 0) is 19.2 Å². The Morgan fingerprint density at radius 2 is 1.25 bits per heavy atom. The van der Waals surface area contributed by atoms with Crippen molar-refractivity contribution in [2.45, 2.75) is 174 Å². The van der Waals surface area contributed by atoms with Gasteiger partial charge < -0.3 is 9.84 Å². The van der Waals surface area contributed by atoms with Gasteiger partial charge in [-0.15, -0.1) is 0 Å². The Hall–Kier alpha value is -1.14. The molecule has 0 saturated carbocycles. The Balaban J connectivity index is 2.14. The van der Waals surface area contributed by atoms with Crippen molar-refractivity contribution < 1.29 is 24.3 Å². The van der Waals surface area contributed by atoms with Crippen LogP contribution in [0.5, 0.6) is 0 Å². The predicted octanol–water partition coefficient (Wildman–Crippen LogP) is 8.22.